The molecule has 0 unspecified atom stereocenters. The van der Waals surface area contributed by atoms with Crippen LogP contribution in [0, 0.1) is 0 Å². The van der Waals surface area contributed by atoms with E-state index in [0.29, 0.717) is 0 Å². The van der Waals surface area contributed by atoms with Gasteiger partial charge in [-0.3, -0.25) is 0 Å². The van der Waals surface area contributed by atoms with E-state index in [1.807, 2.05) is 0 Å². The van der Waals surface area contributed by atoms with Crippen molar-refractivity contribution in [2.45, 2.75) is 0 Å². The predicted molar refractivity (Wildman–Crippen MR) is 425 cm³/mol. The van der Waals surface area contributed by atoms with Crippen LogP contribution in [0.1, 0.15) is 0 Å². The molecule has 0 saturated heterocycles. The minimum atomic E-state index is 1.19. The number of benzene rings is 18. The van der Waals surface area contributed by atoms with E-state index in [9.17, 15) is 0 Å². The van der Waals surface area contributed by atoms with Crippen LogP contribution in [0.25, 0.3) is 210 Å². The molecule has 0 atom stereocenters. The van der Waals surface area contributed by atoms with Crippen molar-refractivity contribution in [1.82, 2.24) is 0 Å². The largest absolute Gasteiger partial charge is 0.0622 e. The van der Waals surface area contributed by atoms with Gasteiger partial charge in [-0.05, 0) is 246 Å². The highest BCUT2D eigenvalue weighted by molar-refractivity contribution is 6.33. The third-order valence-electron chi connectivity index (χ3n) is 21.3. The van der Waals surface area contributed by atoms with Crippen LogP contribution >= 0.6 is 0 Å². The Morgan fingerprint density at radius 1 is 0.100 bits per heavy atom. The van der Waals surface area contributed by atoms with Gasteiger partial charge in [0.1, 0.15) is 0 Å². The van der Waals surface area contributed by atoms with E-state index in [0.717, 1.165) is 0 Å². The third kappa shape index (κ3) is 9.08. The topological polar surface area (TPSA) is 0 Å². The Balaban J connectivity index is 0.872. The lowest BCUT2D eigenvalue weighted by molar-refractivity contribution is 1.58. The molecule has 0 heterocycles. The Hall–Kier alpha value is -13.0. The Labute approximate surface area is 582 Å². The first-order valence-corrected chi connectivity index (χ1v) is 34.8. The van der Waals surface area contributed by atoms with Gasteiger partial charge in [0, 0.05) is 0 Å². The van der Waals surface area contributed by atoms with Crippen molar-refractivity contribution in [3.8, 4) is 167 Å². The van der Waals surface area contributed by atoms with Gasteiger partial charge in [-0.2, -0.15) is 0 Å². The zero-order valence-electron chi connectivity index (χ0n) is 54.8. The second-order valence-electron chi connectivity index (χ2n) is 26.8. The van der Waals surface area contributed by atoms with Crippen molar-refractivity contribution in [1.29, 1.82) is 0 Å². The Kier molecular flexibility index (Phi) is 13.4. The second kappa shape index (κ2) is 23.4. The van der Waals surface area contributed by atoms with Crippen LogP contribution in [-0.4, -0.2) is 0 Å². The summed E-state index contributed by atoms with van der Waals surface area (Å²) in [6, 6.07) is 141. The van der Waals surface area contributed by atoms with Crippen molar-refractivity contribution < 1.29 is 0 Å². The maximum atomic E-state index is 2.52. The van der Waals surface area contributed by atoms with Gasteiger partial charge in [0.15, 0.2) is 0 Å². The van der Waals surface area contributed by atoms with Crippen LogP contribution in [0.15, 0.2) is 376 Å². The molecule has 18 aromatic rings. The molecular weight excluding hydrogens is 1200 g/mol. The summed E-state index contributed by atoms with van der Waals surface area (Å²) in [7, 11) is 0. The van der Waals surface area contributed by atoms with Gasteiger partial charge in [-0.15, -0.1) is 0 Å². The molecular formula is C100H62. The fraction of sp³-hybridized carbons (Fsp3) is 0. The van der Waals surface area contributed by atoms with Gasteiger partial charge >= 0.3 is 0 Å². The van der Waals surface area contributed by atoms with Gasteiger partial charge in [0.05, 0.1) is 0 Å². The normalized spacial score (nSPS) is 11.8. The van der Waals surface area contributed by atoms with Crippen LogP contribution in [0.3, 0.4) is 0 Å². The maximum Gasteiger partial charge on any atom is -0.000740 e. The highest BCUT2D eigenvalue weighted by atomic mass is 14.4. The van der Waals surface area contributed by atoms with E-state index in [1.54, 1.807) is 0 Å². The monoisotopic (exact) mass is 1260 g/mol. The molecule has 0 aliphatic heterocycles. The number of rotatable bonds is 11. The van der Waals surface area contributed by atoms with Crippen LogP contribution in [0.5, 0.6) is 0 Å². The number of hydrogen-bond acceptors (Lipinski definition) is 0. The van der Waals surface area contributed by atoms with Crippen molar-refractivity contribution in [3.05, 3.63) is 376 Å². The van der Waals surface area contributed by atoms with Gasteiger partial charge in [0.25, 0.3) is 0 Å². The zero-order chi connectivity index (χ0) is 65.8. The molecule has 0 fully saturated rings. The van der Waals surface area contributed by atoms with Crippen molar-refractivity contribution in [2.24, 2.45) is 0 Å². The molecule has 2 aliphatic carbocycles. The Morgan fingerprint density at radius 3 is 0.620 bits per heavy atom. The summed E-state index contributed by atoms with van der Waals surface area (Å²) in [4.78, 5) is 0. The Morgan fingerprint density at radius 2 is 0.320 bits per heavy atom. The molecule has 2 aliphatic rings. The summed E-state index contributed by atoms with van der Waals surface area (Å²) in [6.45, 7) is 0. The van der Waals surface area contributed by atoms with E-state index >= 15 is 0 Å². The number of hydrogen-bond donors (Lipinski definition) is 0. The molecule has 0 saturated carbocycles. The highest BCUT2D eigenvalue weighted by Gasteiger charge is 2.35. The van der Waals surface area contributed by atoms with E-state index in [1.165, 1.54) is 210 Å². The fourth-order valence-electron chi connectivity index (χ4n) is 17.1. The quantitative estimate of drug-likeness (QED) is 0.121. The summed E-state index contributed by atoms with van der Waals surface area (Å²) < 4.78 is 0. The fourth-order valence-corrected chi connectivity index (χ4v) is 17.1. The summed E-state index contributed by atoms with van der Waals surface area (Å²) in [5.41, 5.74) is 36.6. The molecule has 462 valence electrons. The number of fused-ring (bicyclic) bond motifs is 8. The van der Waals surface area contributed by atoms with E-state index < -0.39 is 0 Å². The minimum absolute atomic E-state index is 1.19. The first-order chi connectivity index (χ1) is 49.7. The second-order valence-corrected chi connectivity index (χ2v) is 26.8. The van der Waals surface area contributed by atoms with Crippen molar-refractivity contribution >= 4 is 43.1 Å². The van der Waals surface area contributed by atoms with Gasteiger partial charge in [-0.1, -0.05) is 340 Å². The molecule has 0 radical (unpaired) electrons. The summed E-state index contributed by atoms with van der Waals surface area (Å²) in [6.07, 6.45) is 0. The molecule has 0 aromatic heterocycles. The van der Waals surface area contributed by atoms with Crippen LogP contribution in [-0.2, 0) is 0 Å². The molecule has 0 bridgehead atoms. The molecule has 100 heavy (non-hydrogen) atoms. The molecule has 0 N–H and O–H groups in total. The SMILES string of the molecule is c1ccc(-c2cccc(-c3c4c(c(-c5ccccc5)c5cc(-c6ccccc6)c(-c6ccccc6)cc35)-c3cccc5c(-c6ccc7c8c(cccc68)-c6c-7c(-c7cccc(-c8ccccc8)c7)c7cc(-c8ccccc8)c(-c8ccccc8)cc7c6-c6ccccc6)ccc-4c35)c2)cc1. The average molecular weight is 1260 g/mol. The van der Waals surface area contributed by atoms with Gasteiger partial charge < -0.3 is 0 Å². The highest BCUT2D eigenvalue weighted by Crippen LogP contribution is 2.63. The van der Waals surface area contributed by atoms with Gasteiger partial charge in [0.2, 0.25) is 0 Å². The third-order valence-corrected chi connectivity index (χ3v) is 21.3. The molecule has 0 amide bonds. The maximum absolute atomic E-state index is 2.52. The smallest absolute Gasteiger partial charge is 0.000740 e. The summed E-state index contributed by atoms with van der Waals surface area (Å²) in [5.74, 6) is 0. The average Bonchev–Trinajstić information content (AvgIpc) is 1.51. The predicted octanol–water partition coefficient (Wildman–Crippen LogP) is 27.9. The lowest BCUT2D eigenvalue weighted by Gasteiger charge is -2.23. The van der Waals surface area contributed by atoms with Gasteiger partial charge in [-0.25, -0.2) is 0 Å². The minimum Gasteiger partial charge on any atom is -0.0622 e. The molecule has 0 nitrogen and oxygen atoms in total. The van der Waals surface area contributed by atoms with Crippen LogP contribution in [0.4, 0.5) is 0 Å². The molecule has 0 spiro atoms. The van der Waals surface area contributed by atoms with Crippen molar-refractivity contribution in [2.75, 3.05) is 0 Å². The first-order valence-electron chi connectivity index (χ1n) is 34.8. The van der Waals surface area contributed by atoms with E-state index in [4.69, 9.17) is 0 Å². The molecule has 20 rings (SSSR count). The van der Waals surface area contributed by atoms with Crippen LogP contribution in [0.2, 0.25) is 0 Å². The summed E-state index contributed by atoms with van der Waals surface area (Å²) in [5, 5.41) is 9.93. The Bertz CT molecular complexity index is 5910. The van der Waals surface area contributed by atoms with E-state index in [2.05, 4.69) is 376 Å². The van der Waals surface area contributed by atoms with E-state index in [-0.39, 0.29) is 0 Å². The standard InChI is InChI=1S/C100H62/c1-9-29-63(30-10-1)71-45-25-47-73(57-71)93-89-61-85(67-37-17-5-18-38-67)83(65-33-13-3-14-34-65)59-87(89)91(69-41-21-7-22-42-69)97-79-51-27-49-77-75(53-55-81(95(77)79)99(93)97)76-54-56-82-96-78(76)50-28-52-80(96)98-92(70-43-23-8-24-44-70)88-60-84(66-35-15-4-16-36-66)86(68-39-19-6-20-40-68)62-90(88)94(100(82)98)74-48-26-46-72(58-74)64-31-11-2-12-32-64/h1-62H. The first kappa shape index (κ1) is 57.3. The lowest BCUT2D eigenvalue weighted by atomic mass is 9.80. The van der Waals surface area contributed by atoms with Crippen molar-refractivity contribution in [3.63, 3.8) is 0 Å². The molecule has 18 aromatic carbocycles. The van der Waals surface area contributed by atoms with Crippen LogP contribution < -0.4 is 0 Å². The zero-order valence-corrected chi connectivity index (χ0v) is 54.8. The summed E-state index contributed by atoms with van der Waals surface area (Å²) >= 11 is 0. The lowest BCUT2D eigenvalue weighted by Crippen LogP contribution is -1.96. The molecule has 0 heteroatoms.